The van der Waals surface area contributed by atoms with E-state index in [-0.39, 0.29) is 4.90 Å². The van der Waals surface area contributed by atoms with E-state index in [4.69, 9.17) is 0 Å². The molecule has 1 heterocycles. The van der Waals surface area contributed by atoms with Crippen LogP contribution in [0.4, 0.5) is 0 Å². The summed E-state index contributed by atoms with van der Waals surface area (Å²) in [4.78, 5) is 4.38. The second kappa shape index (κ2) is 3.99. The number of amidine groups is 1. The van der Waals surface area contributed by atoms with Crippen LogP contribution in [0.2, 0.25) is 0 Å². The molecule has 0 saturated heterocycles. The number of fused-ring (bicyclic) bond motifs is 1. The maximum atomic E-state index is 11.7. The first-order valence-corrected chi connectivity index (χ1v) is 6.20. The standard InChI is InChI=1S/C11H10N2O2S/c1-2-3-8-12-11-9-6-4-5-7-10(9)16(14,15)13-11/h4-7H,8H2,1H3,(H,12,13). The van der Waals surface area contributed by atoms with Crippen molar-refractivity contribution in [1.29, 1.82) is 0 Å². The first-order chi connectivity index (χ1) is 7.65. The summed E-state index contributed by atoms with van der Waals surface area (Å²) in [5.41, 5.74) is 0.611. The molecule has 1 aliphatic rings. The number of hydrogen-bond acceptors (Lipinski definition) is 3. The van der Waals surface area contributed by atoms with Crippen LogP contribution in [0, 0.1) is 11.8 Å². The minimum absolute atomic E-state index is 0.276. The summed E-state index contributed by atoms with van der Waals surface area (Å²) in [5, 5.41) is 0. The molecule has 0 atom stereocenters. The van der Waals surface area contributed by atoms with Crippen LogP contribution in [0.1, 0.15) is 12.5 Å². The molecule has 0 aromatic heterocycles. The second-order valence-electron chi connectivity index (χ2n) is 3.19. The number of aliphatic imine (C=N–C) groups is 1. The maximum absolute atomic E-state index is 11.7. The van der Waals surface area contributed by atoms with Crippen molar-refractivity contribution in [2.75, 3.05) is 6.54 Å². The summed E-state index contributed by atoms with van der Waals surface area (Å²) in [6.45, 7) is 2.01. The van der Waals surface area contributed by atoms with Gasteiger partial charge in [0.1, 0.15) is 12.4 Å². The predicted octanol–water partition coefficient (Wildman–Crippen LogP) is 0.748. The molecule has 0 amide bonds. The Morgan fingerprint density at radius 2 is 2.12 bits per heavy atom. The van der Waals surface area contributed by atoms with Gasteiger partial charge in [-0.1, -0.05) is 18.1 Å². The summed E-state index contributed by atoms with van der Waals surface area (Å²) >= 11 is 0. The van der Waals surface area contributed by atoms with Crippen LogP contribution in [0.15, 0.2) is 34.2 Å². The zero-order chi connectivity index (χ0) is 11.6. The first kappa shape index (κ1) is 10.7. The minimum atomic E-state index is -3.42. The van der Waals surface area contributed by atoms with Gasteiger partial charge in [0, 0.05) is 5.56 Å². The fourth-order valence-electron chi connectivity index (χ4n) is 1.45. The average Bonchev–Trinajstić information content (AvgIpc) is 2.52. The lowest BCUT2D eigenvalue weighted by Gasteiger charge is -1.95. The van der Waals surface area contributed by atoms with Gasteiger partial charge in [0.05, 0.1) is 4.90 Å². The monoisotopic (exact) mass is 234 g/mol. The van der Waals surface area contributed by atoms with Crippen LogP contribution in [-0.4, -0.2) is 20.8 Å². The number of sulfonamides is 1. The molecule has 0 fully saturated rings. The van der Waals surface area contributed by atoms with Gasteiger partial charge in [0.25, 0.3) is 10.0 Å². The number of benzene rings is 1. The molecule has 0 saturated carbocycles. The van der Waals surface area contributed by atoms with Gasteiger partial charge in [-0.05, 0) is 19.1 Å². The quantitative estimate of drug-likeness (QED) is 0.729. The molecule has 82 valence electrons. The van der Waals surface area contributed by atoms with Gasteiger partial charge in [0.15, 0.2) is 0 Å². The molecule has 0 unspecified atom stereocenters. The van der Waals surface area contributed by atoms with Gasteiger partial charge in [-0.3, -0.25) is 9.71 Å². The van der Waals surface area contributed by atoms with E-state index in [1.54, 1.807) is 31.2 Å². The third-order valence-electron chi connectivity index (χ3n) is 2.16. The van der Waals surface area contributed by atoms with E-state index >= 15 is 0 Å². The average molecular weight is 234 g/mol. The number of nitrogens with one attached hydrogen (secondary N) is 1. The van der Waals surface area contributed by atoms with Crippen molar-refractivity contribution < 1.29 is 8.42 Å². The first-order valence-electron chi connectivity index (χ1n) is 4.71. The van der Waals surface area contributed by atoms with Crippen LogP contribution in [-0.2, 0) is 10.0 Å². The Morgan fingerprint density at radius 1 is 1.38 bits per heavy atom. The van der Waals surface area contributed by atoms with Gasteiger partial charge in [0.2, 0.25) is 0 Å². The Hall–Kier alpha value is -1.80. The van der Waals surface area contributed by atoms with Crippen molar-refractivity contribution in [1.82, 2.24) is 4.72 Å². The minimum Gasteiger partial charge on any atom is -0.263 e. The molecule has 0 radical (unpaired) electrons. The summed E-state index contributed by atoms with van der Waals surface area (Å²) < 4.78 is 25.7. The number of rotatable bonds is 1. The normalized spacial score (nSPS) is 18.4. The van der Waals surface area contributed by atoms with Gasteiger partial charge in [-0.2, -0.15) is 0 Å². The Bertz CT molecular complexity index is 606. The molecule has 4 nitrogen and oxygen atoms in total. The molecule has 0 spiro atoms. The maximum Gasteiger partial charge on any atom is 0.263 e. The van der Waals surface area contributed by atoms with Crippen molar-refractivity contribution in [2.45, 2.75) is 11.8 Å². The zero-order valence-corrected chi connectivity index (χ0v) is 9.50. The second-order valence-corrected chi connectivity index (χ2v) is 4.84. The number of hydrogen-bond donors (Lipinski definition) is 1. The van der Waals surface area contributed by atoms with Crippen LogP contribution in [0.5, 0.6) is 0 Å². The topological polar surface area (TPSA) is 58.5 Å². The van der Waals surface area contributed by atoms with Gasteiger partial charge < -0.3 is 0 Å². The van der Waals surface area contributed by atoms with E-state index in [0.717, 1.165) is 0 Å². The highest BCUT2D eigenvalue weighted by Crippen LogP contribution is 2.21. The molecule has 16 heavy (non-hydrogen) atoms. The van der Waals surface area contributed by atoms with Gasteiger partial charge in [-0.15, -0.1) is 5.92 Å². The smallest absolute Gasteiger partial charge is 0.263 e. The van der Waals surface area contributed by atoms with Crippen LogP contribution < -0.4 is 4.72 Å². The summed E-state index contributed by atoms with van der Waals surface area (Å²) in [5.74, 6) is 5.84. The van der Waals surface area contributed by atoms with Gasteiger partial charge in [-0.25, -0.2) is 8.42 Å². The van der Waals surface area contributed by atoms with Crippen LogP contribution >= 0.6 is 0 Å². The number of nitrogens with zero attached hydrogens (tertiary/aromatic N) is 1. The largest absolute Gasteiger partial charge is 0.263 e. The lowest BCUT2D eigenvalue weighted by Crippen LogP contribution is -2.22. The third-order valence-corrected chi connectivity index (χ3v) is 3.55. The zero-order valence-electron chi connectivity index (χ0n) is 8.69. The SMILES string of the molecule is CC#CCN=C1NS(=O)(=O)c2ccccc21. The highest BCUT2D eigenvalue weighted by atomic mass is 32.2. The van der Waals surface area contributed by atoms with Crippen molar-refractivity contribution in [3.8, 4) is 11.8 Å². The van der Waals surface area contributed by atoms with Crippen LogP contribution in [0.25, 0.3) is 0 Å². The fourth-order valence-corrected chi connectivity index (χ4v) is 2.70. The molecular formula is C11H10N2O2S. The highest BCUT2D eigenvalue weighted by molar-refractivity contribution is 7.90. The summed E-state index contributed by atoms with van der Waals surface area (Å²) in [6.07, 6.45) is 0. The summed E-state index contributed by atoms with van der Waals surface area (Å²) in [7, 11) is -3.42. The summed E-state index contributed by atoms with van der Waals surface area (Å²) in [6, 6.07) is 6.76. The van der Waals surface area contributed by atoms with E-state index in [1.807, 2.05) is 0 Å². The molecule has 1 aromatic carbocycles. The Morgan fingerprint density at radius 3 is 2.88 bits per heavy atom. The third kappa shape index (κ3) is 1.79. The Labute approximate surface area is 94.5 Å². The molecule has 1 aromatic rings. The fraction of sp³-hybridized carbons (Fsp3) is 0.182. The molecule has 0 bridgehead atoms. The van der Waals surface area contributed by atoms with Crippen molar-refractivity contribution >= 4 is 15.9 Å². The molecule has 1 aliphatic heterocycles. The van der Waals surface area contributed by atoms with E-state index in [2.05, 4.69) is 21.6 Å². The van der Waals surface area contributed by atoms with E-state index in [0.29, 0.717) is 17.9 Å². The van der Waals surface area contributed by atoms with Gasteiger partial charge >= 0.3 is 0 Å². The Balaban J connectivity index is 2.47. The van der Waals surface area contributed by atoms with Crippen molar-refractivity contribution in [2.24, 2.45) is 4.99 Å². The molecule has 5 heteroatoms. The van der Waals surface area contributed by atoms with E-state index in [9.17, 15) is 8.42 Å². The van der Waals surface area contributed by atoms with Crippen molar-refractivity contribution in [3.63, 3.8) is 0 Å². The predicted molar refractivity (Wildman–Crippen MR) is 61.6 cm³/mol. The van der Waals surface area contributed by atoms with Crippen LogP contribution in [0.3, 0.4) is 0 Å². The lowest BCUT2D eigenvalue weighted by molar-refractivity contribution is 0.595. The van der Waals surface area contributed by atoms with E-state index < -0.39 is 10.0 Å². The molecular weight excluding hydrogens is 224 g/mol. The Kier molecular flexibility index (Phi) is 2.67. The highest BCUT2D eigenvalue weighted by Gasteiger charge is 2.29. The molecule has 1 N–H and O–H groups in total. The molecule has 0 aliphatic carbocycles. The molecule has 2 rings (SSSR count). The lowest BCUT2D eigenvalue weighted by atomic mass is 10.2. The van der Waals surface area contributed by atoms with E-state index in [1.165, 1.54) is 0 Å². The van der Waals surface area contributed by atoms with Crippen molar-refractivity contribution in [3.05, 3.63) is 29.8 Å².